The van der Waals surface area contributed by atoms with E-state index in [1.165, 1.54) is 6.33 Å². The summed E-state index contributed by atoms with van der Waals surface area (Å²) < 4.78 is 5.36. The van der Waals surface area contributed by atoms with E-state index in [0.29, 0.717) is 11.5 Å². The molecule has 1 fully saturated rings. The summed E-state index contributed by atoms with van der Waals surface area (Å²) in [7, 11) is 0. The highest BCUT2D eigenvalue weighted by molar-refractivity contribution is 6.03. The molecule has 2 aromatic rings. The van der Waals surface area contributed by atoms with E-state index in [9.17, 15) is 4.79 Å². The van der Waals surface area contributed by atoms with Gasteiger partial charge in [-0.3, -0.25) is 9.69 Å². The van der Waals surface area contributed by atoms with Gasteiger partial charge in [0.25, 0.3) is 5.91 Å². The lowest BCUT2D eigenvalue weighted by Crippen LogP contribution is -2.39. The largest absolute Gasteiger partial charge is 0.379 e. The number of rotatable bonds is 6. The number of carbonyl (C=O) groups is 1. The van der Waals surface area contributed by atoms with Crippen molar-refractivity contribution in [3.63, 3.8) is 0 Å². The Bertz CT molecular complexity index is 797. The Morgan fingerprint density at radius 3 is 2.68 bits per heavy atom. The number of ether oxygens (including phenoxy) is 1. The van der Waals surface area contributed by atoms with Crippen molar-refractivity contribution in [1.82, 2.24) is 14.9 Å². The summed E-state index contributed by atoms with van der Waals surface area (Å²) in [6, 6.07) is 9.55. The number of nitrogens with one attached hydrogen (secondary N) is 2. The number of aromatic nitrogens is 2. The number of para-hydroxylation sites is 1. The molecule has 1 amide bonds. The SMILES string of the molecule is CC(C)(C)c1ccccc1NC(=O)c1cc(NCCN2CCOCC2)ncn1. The quantitative estimate of drug-likeness (QED) is 0.799. The molecule has 1 aromatic carbocycles. The van der Waals surface area contributed by atoms with E-state index in [2.05, 4.69) is 46.3 Å². The van der Waals surface area contributed by atoms with Crippen LogP contribution in [0.3, 0.4) is 0 Å². The van der Waals surface area contributed by atoms with E-state index < -0.39 is 0 Å². The monoisotopic (exact) mass is 383 g/mol. The number of hydrogen-bond donors (Lipinski definition) is 2. The first-order chi connectivity index (χ1) is 13.4. The van der Waals surface area contributed by atoms with Crippen LogP contribution in [0.5, 0.6) is 0 Å². The third-order valence-corrected chi connectivity index (χ3v) is 4.72. The Balaban J connectivity index is 1.61. The van der Waals surface area contributed by atoms with Crippen molar-refractivity contribution < 1.29 is 9.53 Å². The third-order valence-electron chi connectivity index (χ3n) is 4.72. The normalized spacial score (nSPS) is 15.2. The molecule has 7 nitrogen and oxygen atoms in total. The van der Waals surface area contributed by atoms with Crippen LogP contribution >= 0.6 is 0 Å². The minimum absolute atomic E-state index is 0.0677. The van der Waals surface area contributed by atoms with Crippen LogP contribution in [-0.4, -0.2) is 60.2 Å². The zero-order chi connectivity index (χ0) is 20.0. The van der Waals surface area contributed by atoms with E-state index >= 15 is 0 Å². The van der Waals surface area contributed by atoms with Crippen molar-refractivity contribution in [2.24, 2.45) is 0 Å². The van der Waals surface area contributed by atoms with Crippen LogP contribution < -0.4 is 10.6 Å². The number of anilines is 2. The minimum Gasteiger partial charge on any atom is -0.379 e. The first-order valence-electron chi connectivity index (χ1n) is 9.70. The maximum absolute atomic E-state index is 12.7. The standard InChI is InChI=1S/C21H29N5O2/c1-21(2,3)16-6-4-5-7-17(16)25-20(27)18-14-19(24-15-23-18)22-8-9-26-10-12-28-13-11-26/h4-7,14-15H,8-13H2,1-3H3,(H,25,27)(H,22,23,24). The van der Waals surface area contributed by atoms with Crippen molar-refractivity contribution in [3.05, 3.63) is 47.9 Å². The van der Waals surface area contributed by atoms with E-state index in [-0.39, 0.29) is 11.3 Å². The second kappa shape index (κ2) is 9.12. The maximum atomic E-state index is 12.7. The molecule has 0 aliphatic carbocycles. The van der Waals surface area contributed by atoms with Crippen LogP contribution in [-0.2, 0) is 10.2 Å². The Hall–Kier alpha value is -2.51. The van der Waals surface area contributed by atoms with Gasteiger partial charge in [-0.1, -0.05) is 39.0 Å². The zero-order valence-corrected chi connectivity index (χ0v) is 16.9. The molecule has 3 rings (SSSR count). The van der Waals surface area contributed by atoms with Crippen LogP contribution in [0.4, 0.5) is 11.5 Å². The van der Waals surface area contributed by atoms with Crippen molar-refractivity contribution in [2.45, 2.75) is 26.2 Å². The van der Waals surface area contributed by atoms with Crippen molar-refractivity contribution in [3.8, 4) is 0 Å². The number of morpholine rings is 1. The highest BCUT2D eigenvalue weighted by Gasteiger charge is 2.19. The lowest BCUT2D eigenvalue weighted by Gasteiger charge is -2.26. The Morgan fingerprint density at radius 1 is 1.18 bits per heavy atom. The second-order valence-electron chi connectivity index (χ2n) is 7.92. The van der Waals surface area contributed by atoms with Crippen LogP contribution in [0.15, 0.2) is 36.7 Å². The van der Waals surface area contributed by atoms with Gasteiger partial charge in [0.05, 0.1) is 13.2 Å². The van der Waals surface area contributed by atoms with Crippen molar-refractivity contribution in [1.29, 1.82) is 0 Å². The predicted molar refractivity (Wildman–Crippen MR) is 111 cm³/mol. The van der Waals surface area contributed by atoms with E-state index in [4.69, 9.17) is 4.74 Å². The Kier molecular flexibility index (Phi) is 6.59. The fraction of sp³-hybridized carbons (Fsp3) is 0.476. The molecule has 1 aliphatic rings. The molecule has 7 heteroatoms. The fourth-order valence-electron chi connectivity index (χ4n) is 3.18. The molecule has 1 saturated heterocycles. The summed E-state index contributed by atoms with van der Waals surface area (Å²) >= 11 is 0. The highest BCUT2D eigenvalue weighted by Crippen LogP contribution is 2.29. The number of amides is 1. The van der Waals surface area contributed by atoms with Gasteiger partial charge in [0.2, 0.25) is 0 Å². The molecular weight excluding hydrogens is 354 g/mol. The lowest BCUT2D eigenvalue weighted by atomic mass is 9.86. The average molecular weight is 383 g/mol. The van der Waals surface area contributed by atoms with Crippen LogP contribution in [0.2, 0.25) is 0 Å². The summed E-state index contributed by atoms with van der Waals surface area (Å²) in [5.41, 5.74) is 2.16. The number of hydrogen-bond acceptors (Lipinski definition) is 6. The number of carbonyl (C=O) groups excluding carboxylic acids is 1. The molecule has 0 saturated carbocycles. The molecular formula is C21H29N5O2. The van der Waals surface area contributed by atoms with Gasteiger partial charge in [-0.15, -0.1) is 0 Å². The first kappa shape index (κ1) is 20.2. The van der Waals surface area contributed by atoms with Gasteiger partial charge in [-0.2, -0.15) is 0 Å². The molecule has 1 aliphatic heterocycles. The fourth-order valence-corrected chi connectivity index (χ4v) is 3.18. The highest BCUT2D eigenvalue weighted by atomic mass is 16.5. The molecule has 2 N–H and O–H groups in total. The van der Waals surface area contributed by atoms with Gasteiger partial charge >= 0.3 is 0 Å². The van der Waals surface area contributed by atoms with Crippen LogP contribution in [0.25, 0.3) is 0 Å². The Morgan fingerprint density at radius 2 is 1.93 bits per heavy atom. The predicted octanol–water partition coefficient (Wildman–Crippen LogP) is 2.77. The summed E-state index contributed by atoms with van der Waals surface area (Å²) in [6.45, 7) is 11.5. The summed E-state index contributed by atoms with van der Waals surface area (Å²) in [5, 5.41) is 6.26. The van der Waals surface area contributed by atoms with Crippen molar-refractivity contribution in [2.75, 3.05) is 50.0 Å². The zero-order valence-electron chi connectivity index (χ0n) is 16.9. The van der Waals surface area contributed by atoms with Gasteiger partial charge < -0.3 is 15.4 Å². The minimum atomic E-state index is -0.240. The van der Waals surface area contributed by atoms with Gasteiger partial charge in [0.15, 0.2) is 0 Å². The summed E-state index contributed by atoms with van der Waals surface area (Å²) in [4.78, 5) is 23.4. The van der Waals surface area contributed by atoms with E-state index in [1.807, 2.05) is 24.3 Å². The summed E-state index contributed by atoms with van der Waals surface area (Å²) in [5.74, 6) is 0.410. The molecule has 2 heterocycles. The smallest absolute Gasteiger partial charge is 0.274 e. The van der Waals surface area contributed by atoms with Gasteiger partial charge in [0, 0.05) is 37.9 Å². The molecule has 0 radical (unpaired) electrons. The average Bonchev–Trinajstić information content (AvgIpc) is 2.69. The van der Waals surface area contributed by atoms with E-state index in [1.54, 1.807) is 6.07 Å². The molecule has 28 heavy (non-hydrogen) atoms. The van der Waals surface area contributed by atoms with Gasteiger partial charge in [0.1, 0.15) is 17.8 Å². The molecule has 0 unspecified atom stereocenters. The maximum Gasteiger partial charge on any atom is 0.274 e. The lowest BCUT2D eigenvalue weighted by molar-refractivity contribution is 0.0398. The first-order valence-corrected chi connectivity index (χ1v) is 9.70. The number of nitrogens with zero attached hydrogens (tertiary/aromatic N) is 3. The summed E-state index contributed by atoms with van der Waals surface area (Å²) in [6.07, 6.45) is 1.42. The second-order valence-corrected chi connectivity index (χ2v) is 7.92. The molecule has 0 bridgehead atoms. The van der Waals surface area contributed by atoms with Gasteiger partial charge in [-0.25, -0.2) is 9.97 Å². The molecule has 1 aromatic heterocycles. The van der Waals surface area contributed by atoms with Crippen LogP contribution in [0.1, 0.15) is 36.8 Å². The van der Waals surface area contributed by atoms with Crippen LogP contribution in [0, 0.1) is 0 Å². The molecule has 0 spiro atoms. The van der Waals surface area contributed by atoms with Gasteiger partial charge in [-0.05, 0) is 17.0 Å². The topological polar surface area (TPSA) is 79.4 Å². The number of benzene rings is 1. The Labute approximate surface area is 166 Å². The molecule has 0 atom stereocenters. The van der Waals surface area contributed by atoms with Crippen molar-refractivity contribution >= 4 is 17.4 Å². The van der Waals surface area contributed by atoms with E-state index in [0.717, 1.165) is 50.6 Å². The molecule has 150 valence electrons. The third kappa shape index (κ3) is 5.50.